The molecule has 3 aliphatic heterocycles. The van der Waals surface area contributed by atoms with Crippen LogP contribution in [0, 0.1) is 23.6 Å². The van der Waals surface area contributed by atoms with Crippen LogP contribution in [0.5, 0.6) is 11.5 Å². The van der Waals surface area contributed by atoms with Gasteiger partial charge in [0.15, 0.2) is 12.1 Å². The average molecular weight is 1710 g/mol. The number of nitrogens with one attached hydrogen (secondary N) is 1. The number of hydrogen-bond acceptors (Lipinski definition) is 19. The van der Waals surface area contributed by atoms with Crippen LogP contribution in [-0.4, -0.2) is 112 Å². The Bertz CT molecular complexity index is 5350. The number of ether oxygens (including phenoxy) is 12. The molecule has 3 saturated heterocycles. The fourth-order valence-corrected chi connectivity index (χ4v) is 17.4. The van der Waals surface area contributed by atoms with E-state index in [2.05, 4.69) is 5.32 Å². The van der Waals surface area contributed by atoms with E-state index in [1.807, 2.05) is 303 Å². The number of carbonyl (C=O) groups excluding carboxylic acids is 2. The number of cyclic esters (lactones) is 1. The maximum atomic E-state index is 16.1. The molecule has 3 aliphatic rings. The van der Waals surface area contributed by atoms with Crippen molar-refractivity contribution in [3.8, 4) is 11.5 Å². The molecule has 3 fully saturated rings. The van der Waals surface area contributed by atoms with Gasteiger partial charge in [0.1, 0.15) is 90.5 Å². The van der Waals surface area contributed by atoms with Crippen molar-refractivity contribution in [2.75, 3.05) is 30.9 Å². The van der Waals surface area contributed by atoms with Crippen molar-refractivity contribution in [1.82, 2.24) is 0 Å². The van der Waals surface area contributed by atoms with Gasteiger partial charge in [-0.25, -0.2) is 4.39 Å². The predicted molar refractivity (Wildman–Crippen MR) is 471 cm³/mol. The van der Waals surface area contributed by atoms with Crippen LogP contribution in [0.25, 0.3) is 0 Å². The Morgan fingerprint density at radius 2 is 0.832 bits per heavy atom. The zero-order valence-electron chi connectivity index (χ0n) is 69.3. The lowest BCUT2D eigenvalue weighted by Crippen LogP contribution is -2.66. The van der Waals surface area contributed by atoms with E-state index in [0.29, 0.717) is 23.2 Å². The van der Waals surface area contributed by atoms with Crippen LogP contribution < -0.4 is 14.2 Å². The molecule has 0 saturated carbocycles. The molecule has 5 unspecified atom stereocenters. The highest BCUT2D eigenvalue weighted by atomic mass is 32.2. The van der Waals surface area contributed by atoms with E-state index in [9.17, 15) is 14.3 Å². The molecule has 15 atom stereocenters. The van der Waals surface area contributed by atoms with Crippen LogP contribution in [-0.2, 0) is 131 Å². The number of carbonyl (C=O) groups is 2. The van der Waals surface area contributed by atoms with E-state index < -0.39 is 125 Å². The largest absolute Gasteiger partial charge is 0.488 e. The monoisotopic (exact) mass is 1710 g/mol. The molecule has 19 nitrogen and oxygen atoms in total. The first-order valence-corrected chi connectivity index (χ1v) is 44.1. The summed E-state index contributed by atoms with van der Waals surface area (Å²) in [5.41, 5.74) is 9.04. The van der Waals surface area contributed by atoms with Gasteiger partial charge in [-0.05, 0) is 111 Å². The minimum absolute atomic E-state index is 0.000415. The van der Waals surface area contributed by atoms with Gasteiger partial charge in [-0.15, -0.1) is 0 Å². The summed E-state index contributed by atoms with van der Waals surface area (Å²) >= 11 is 0. The molecule has 646 valence electrons. The van der Waals surface area contributed by atoms with E-state index in [1.165, 1.54) is 36.4 Å². The fraction of sp³-hybridized carbons (Fsp3) is 0.288. The summed E-state index contributed by atoms with van der Waals surface area (Å²) in [4.78, 5) is 30.4. The highest BCUT2D eigenvalue weighted by Gasteiger charge is 2.56. The van der Waals surface area contributed by atoms with E-state index in [0.717, 1.165) is 50.1 Å². The maximum absolute atomic E-state index is 16.1. The van der Waals surface area contributed by atoms with Gasteiger partial charge in [0.05, 0.1) is 78.2 Å². The molecule has 0 spiro atoms. The molecule has 125 heavy (non-hydrogen) atoms. The van der Waals surface area contributed by atoms with Crippen LogP contribution in [0.3, 0.4) is 0 Å². The van der Waals surface area contributed by atoms with Gasteiger partial charge in [-0.1, -0.05) is 303 Å². The number of benzene rings is 12. The van der Waals surface area contributed by atoms with Crippen molar-refractivity contribution < 1.29 is 88.5 Å². The number of aliphatic hydroxyl groups is 1. The Hall–Kier alpha value is -11.4. The van der Waals surface area contributed by atoms with Crippen molar-refractivity contribution in [2.45, 2.75) is 145 Å². The van der Waals surface area contributed by atoms with Crippen molar-refractivity contribution in [3.63, 3.8) is 0 Å². The van der Waals surface area contributed by atoms with Crippen LogP contribution in [0.1, 0.15) is 86.2 Å². The van der Waals surface area contributed by atoms with Crippen molar-refractivity contribution in [3.05, 3.63) is 413 Å². The second-order valence-electron chi connectivity index (χ2n) is 31.6. The van der Waals surface area contributed by atoms with E-state index >= 15 is 13.2 Å². The Kier molecular flexibility index (Phi) is 31.8. The summed E-state index contributed by atoms with van der Waals surface area (Å²) in [5.74, 6) is -5.41. The zero-order valence-corrected chi connectivity index (χ0v) is 70.2. The number of halogens is 1. The average Bonchev–Trinajstić information content (AvgIpc) is 1.53. The molecule has 2 N–H and O–H groups in total. The molecule has 0 bridgehead atoms. The third kappa shape index (κ3) is 25.3. The lowest BCUT2D eigenvalue weighted by molar-refractivity contribution is -0.362. The van der Waals surface area contributed by atoms with E-state index in [4.69, 9.17) is 61.0 Å². The predicted octanol–water partition coefficient (Wildman–Crippen LogP) is 18.2. The van der Waals surface area contributed by atoms with E-state index in [-0.39, 0.29) is 97.0 Å². The number of hydrogen-bond donors (Lipinski definition) is 2. The maximum Gasteiger partial charge on any atom is 0.316 e. The number of aliphatic hydroxyl groups excluding tert-OH is 1. The van der Waals surface area contributed by atoms with Gasteiger partial charge >= 0.3 is 16.1 Å². The van der Waals surface area contributed by atoms with Crippen LogP contribution in [0.4, 0.5) is 10.1 Å². The third-order valence-corrected chi connectivity index (χ3v) is 23.8. The first-order valence-electron chi connectivity index (χ1n) is 42.5. The lowest BCUT2D eigenvalue weighted by Gasteiger charge is -2.50. The molecule has 0 radical (unpaired) electrons. The molecule has 12 aromatic rings. The summed E-state index contributed by atoms with van der Waals surface area (Å²) < 4.78 is 138. The highest BCUT2D eigenvalue weighted by Crippen LogP contribution is 2.44. The summed E-state index contributed by atoms with van der Waals surface area (Å²) in [6.45, 7) is 0.431. The van der Waals surface area contributed by atoms with Crippen molar-refractivity contribution >= 4 is 27.6 Å². The quantitative estimate of drug-likeness (QED) is 0.0206. The SMILES string of the molecule is O=C1OC[C@H](Cc2ccccc2)C1C(=O)[C@H](CC[C@H](O)c1ccc(F)cc1)[C@H](Nc1ccccc1)c1ccc(OS(=O)(=O)CC2OC(COCc3ccccc3)[C@@H](OC3OC(COCc4ccccc4)[C@H](OCc4ccccc4)[C@@H](OCc4ccccc4)[C@@H]3OCc3ccccc3)[C@@H](OCc3ccccc3)[C@@H]2OCc2ccccc2)cc1OCc1ccccc1. The van der Waals surface area contributed by atoms with Crippen LogP contribution in [0.2, 0.25) is 0 Å². The van der Waals surface area contributed by atoms with Gasteiger partial charge in [-0.2, -0.15) is 8.42 Å². The van der Waals surface area contributed by atoms with Crippen molar-refractivity contribution in [1.29, 1.82) is 0 Å². The van der Waals surface area contributed by atoms with E-state index in [1.54, 1.807) is 6.07 Å². The number of ketones is 1. The molecule has 12 aromatic carbocycles. The summed E-state index contributed by atoms with van der Waals surface area (Å²) in [5, 5.41) is 15.6. The Labute approximate surface area is 730 Å². The Balaban J connectivity index is 0.819. The smallest absolute Gasteiger partial charge is 0.316 e. The topological polar surface area (TPSA) is 221 Å². The lowest BCUT2D eigenvalue weighted by atomic mass is 9.75. The Morgan fingerprint density at radius 3 is 1.30 bits per heavy atom. The zero-order chi connectivity index (χ0) is 85.8. The van der Waals surface area contributed by atoms with Gasteiger partial charge in [0, 0.05) is 29.2 Å². The second kappa shape index (κ2) is 45.0. The first kappa shape index (κ1) is 88.5. The van der Waals surface area contributed by atoms with Gasteiger partial charge in [0.25, 0.3) is 0 Å². The molecule has 0 aliphatic carbocycles. The number of Topliss-reactive ketones (excluding diaryl/α,β-unsaturated/α-hetero) is 1. The molecule has 21 heteroatoms. The van der Waals surface area contributed by atoms with Crippen LogP contribution >= 0.6 is 0 Å². The van der Waals surface area contributed by atoms with Crippen molar-refractivity contribution in [2.24, 2.45) is 17.8 Å². The minimum Gasteiger partial charge on any atom is -0.488 e. The molecule has 15 rings (SSSR count). The number of rotatable bonds is 44. The number of esters is 1. The first-order chi connectivity index (χ1) is 61.3. The Morgan fingerprint density at radius 1 is 0.432 bits per heavy atom. The molecular formula is C104H104FNO18S. The summed E-state index contributed by atoms with van der Waals surface area (Å²) in [6.07, 6.45) is -12.3. The highest BCUT2D eigenvalue weighted by molar-refractivity contribution is 7.87. The van der Waals surface area contributed by atoms with Crippen LogP contribution in [0.15, 0.2) is 346 Å². The normalized spacial score (nSPS) is 21.4. The number of anilines is 1. The molecule has 0 amide bonds. The molecular weight excluding hydrogens is 1600 g/mol. The molecule has 3 heterocycles. The third-order valence-electron chi connectivity index (χ3n) is 22.7. The minimum atomic E-state index is -4.87. The fourth-order valence-electron chi connectivity index (χ4n) is 16.3. The second-order valence-corrected chi connectivity index (χ2v) is 33.3. The number of para-hydroxylation sites is 1. The standard InChI is InChI=1S/C104H104FNO18S/c105-84-53-51-82(52-54-84)89(107)58-57-88(96(108)94-83(69-120-103(94)109)59-73-31-11-1-12-32-73)95(106-85-49-29-10-30-50-85)87-56-55-86(60-90(87)114-63-76-37-17-4-18-38-76)124-125(110,111)72-93-98(116-65-78-41-21-6-22-42-78)100(117-66-79-43-23-7-24-44-79)99(92(121-93)71-113-62-75-35-15-3-16-36-75)123-104-102(119-68-81-47-27-9-28-48-81)101(118-67-80-45-25-8-26-46-80)97(115-64-77-39-19-5-20-40-77)91(122-104)70-112-61-74-33-13-2-14-34-74/h1-56,60,83,88-89,91-95,97-102,104,106-107H,57-59,61-72H2/t83-,88+,89-,91?,92?,93?,94?,95+,97-,98+,99+,100-,101+,102-,104?/m0/s1. The van der Waals surface area contributed by atoms with Gasteiger partial charge in [0.2, 0.25) is 0 Å². The summed E-state index contributed by atoms with van der Waals surface area (Å²) in [7, 11) is -4.87. The summed E-state index contributed by atoms with van der Waals surface area (Å²) in [6, 6.07) is 105. The van der Waals surface area contributed by atoms with Gasteiger partial charge < -0.3 is 71.4 Å². The van der Waals surface area contributed by atoms with Gasteiger partial charge in [-0.3, -0.25) is 9.59 Å². The molecule has 0 aromatic heterocycles.